The third-order valence-electron chi connectivity index (χ3n) is 0.355. The van der Waals surface area contributed by atoms with E-state index in [4.69, 9.17) is 0 Å². The van der Waals surface area contributed by atoms with Crippen molar-refractivity contribution in [3.63, 3.8) is 0 Å². The highest BCUT2D eigenvalue weighted by molar-refractivity contribution is 6.92. The molecule has 0 radical (unpaired) electrons. The molecule has 0 fully saturated rings. The Kier molecular flexibility index (Phi) is 13.9. The molecule has 10 heavy (non-hydrogen) atoms. The largest absolute Gasteiger partial charge is 0.545 e. The zero-order valence-corrected chi connectivity index (χ0v) is 9.79. The standard InChI is InChI=1S/C4H4O4.2H3P/c5-3(6)1-2-4(7)8;;/h1-2H,(H,5,6)(H,7,8);2*1H3. The van der Waals surface area contributed by atoms with E-state index < -0.39 is 11.9 Å². The molecule has 0 heterocycles. The maximum Gasteiger partial charge on any atom is 0.0643 e. The predicted molar refractivity (Wildman–Crippen MR) is 44.2 cm³/mol. The molecule has 0 spiro atoms. The Hall–Kier alpha value is -0.460. The van der Waals surface area contributed by atoms with Crippen LogP contribution in [0.5, 0.6) is 0 Å². The lowest BCUT2D eigenvalue weighted by Crippen LogP contribution is -2.23. The zero-order valence-electron chi connectivity index (χ0n) is 5.79. The molecular formula is C4H10O4P2. The highest BCUT2D eigenvalue weighted by Gasteiger charge is 1.70. The third-order valence-corrected chi connectivity index (χ3v) is 0.355. The molecule has 0 aliphatic carbocycles. The number of hydrogen-bond donors (Lipinski definition) is 0. The molecule has 0 aliphatic rings. The lowest BCUT2D eigenvalue weighted by Gasteiger charge is -1.90. The van der Waals surface area contributed by atoms with E-state index in [1.165, 1.54) is 0 Å². The summed E-state index contributed by atoms with van der Waals surface area (Å²) in [6.45, 7) is 0. The van der Waals surface area contributed by atoms with Gasteiger partial charge in [0.25, 0.3) is 0 Å². The Bertz CT molecular complexity index is 126. The molecule has 0 saturated heterocycles. The molecule has 2 atom stereocenters. The molecule has 2 unspecified atom stereocenters. The van der Waals surface area contributed by atoms with Gasteiger partial charge in [-0.2, -0.15) is 0 Å². The fraction of sp³-hybridized carbons (Fsp3) is 0. The Morgan fingerprint density at radius 3 is 1.20 bits per heavy atom. The first-order valence-electron chi connectivity index (χ1n) is 1.73. The summed E-state index contributed by atoms with van der Waals surface area (Å²) < 4.78 is 0. The second kappa shape index (κ2) is 8.54. The normalized spacial score (nSPS) is 7.60. The van der Waals surface area contributed by atoms with Gasteiger partial charge < -0.3 is 19.8 Å². The predicted octanol–water partition coefficient (Wildman–Crippen LogP) is -3.38. The van der Waals surface area contributed by atoms with Gasteiger partial charge >= 0.3 is 0 Å². The van der Waals surface area contributed by atoms with Gasteiger partial charge in [-0.05, 0) is 31.9 Å². The molecule has 0 amide bonds. The molecular weight excluding hydrogens is 174 g/mol. The van der Waals surface area contributed by atoms with Gasteiger partial charge in [0, 0.05) is 0 Å². The average Bonchev–Trinajstić information content (AvgIpc) is 1.61. The number of carboxylic acid groups (broad SMARTS) is 2. The van der Waals surface area contributed by atoms with Gasteiger partial charge in [-0.1, -0.05) is 0 Å². The van der Waals surface area contributed by atoms with Gasteiger partial charge in [0.1, 0.15) is 0 Å². The fourth-order valence-electron chi connectivity index (χ4n) is 0.136. The third kappa shape index (κ3) is 15.6. The average molecular weight is 184 g/mol. The smallest absolute Gasteiger partial charge is 0.0643 e. The summed E-state index contributed by atoms with van der Waals surface area (Å²) in [7, 11) is 0. The minimum absolute atomic E-state index is 0. The topological polar surface area (TPSA) is 80.3 Å². The van der Waals surface area contributed by atoms with Crippen molar-refractivity contribution in [3.8, 4) is 0 Å². The van der Waals surface area contributed by atoms with Gasteiger partial charge in [0.05, 0.1) is 11.9 Å². The summed E-state index contributed by atoms with van der Waals surface area (Å²) in [6, 6.07) is 0. The van der Waals surface area contributed by atoms with E-state index in [0.717, 1.165) is 0 Å². The highest BCUT2D eigenvalue weighted by atomic mass is 31.0. The van der Waals surface area contributed by atoms with Gasteiger partial charge in [0.15, 0.2) is 0 Å². The molecule has 0 aromatic carbocycles. The number of aliphatic carboxylic acids is 2. The van der Waals surface area contributed by atoms with Crippen LogP contribution < -0.4 is 10.2 Å². The van der Waals surface area contributed by atoms with Crippen LogP contribution >= 0.6 is 19.8 Å². The zero-order chi connectivity index (χ0) is 6.57. The molecule has 0 aromatic heterocycles. The molecule has 60 valence electrons. The molecule has 6 heteroatoms. The maximum absolute atomic E-state index is 9.41. The van der Waals surface area contributed by atoms with Crippen molar-refractivity contribution in [2.45, 2.75) is 0 Å². The van der Waals surface area contributed by atoms with E-state index in [0.29, 0.717) is 12.2 Å². The lowest BCUT2D eigenvalue weighted by molar-refractivity contribution is -0.301. The van der Waals surface area contributed by atoms with Crippen molar-refractivity contribution in [1.82, 2.24) is 0 Å². The van der Waals surface area contributed by atoms with Crippen molar-refractivity contribution in [2.75, 3.05) is 0 Å². The summed E-state index contributed by atoms with van der Waals surface area (Å²) in [5.74, 6) is -3.09. The van der Waals surface area contributed by atoms with Crippen LogP contribution in [0.1, 0.15) is 0 Å². The van der Waals surface area contributed by atoms with Crippen molar-refractivity contribution in [2.24, 2.45) is 0 Å². The van der Waals surface area contributed by atoms with Crippen LogP contribution in [0.3, 0.4) is 0 Å². The molecule has 4 nitrogen and oxygen atoms in total. The first kappa shape index (κ1) is 16.3. The molecule has 0 aliphatic heterocycles. The van der Waals surface area contributed by atoms with Gasteiger partial charge in [-0.3, -0.25) is 0 Å². The van der Waals surface area contributed by atoms with Crippen molar-refractivity contribution >= 4 is 31.7 Å². The summed E-state index contributed by atoms with van der Waals surface area (Å²) in [5.41, 5.74) is 0. The van der Waals surface area contributed by atoms with Crippen LogP contribution in [0, 0.1) is 0 Å². The van der Waals surface area contributed by atoms with E-state index in [1.54, 1.807) is 0 Å². The van der Waals surface area contributed by atoms with E-state index in [1.807, 2.05) is 0 Å². The van der Waals surface area contributed by atoms with Gasteiger partial charge in [-0.15, -0.1) is 0 Å². The summed E-state index contributed by atoms with van der Waals surface area (Å²) in [4.78, 5) is 18.8. The molecule has 0 saturated carbocycles. The van der Waals surface area contributed by atoms with Crippen LogP contribution in [-0.4, -0.2) is 11.9 Å². The SMILES string of the molecule is O=C([O-])C=CC(=O)[O-].[PH4+].[PH4+]. The lowest BCUT2D eigenvalue weighted by atomic mass is 10.5. The molecule has 0 aromatic rings. The number of hydrogen-bond acceptors (Lipinski definition) is 4. The second-order valence-electron chi connectivity index (χ2n) is 0.971. The highest BCUT2D eigenvalue weighted by Crippen LogP contribution is 1.64. The minimum atomic E-state index is -1.55. The number of carbonyl (C=O) groups is 2. The molecule has 0 bridgehead atoms. The van der Waals surface area contributed by atoms with Crippen molar-refractivity contribution in [1.29, 1.82) is 0 Å². The van der Waals surface area contributed by atoms with Crippen LogP contribution in [-0.2, 0) is 9.59 Å². The second-order valence-corrected chi connectivity index (χ2v) is 0.971. The minimum Gasteiger partial charge on any atom is -0.545 e. The van der Waals surface area contributed by atoms with Crippen LogP contribution in [0.2, 0.25) is 0 Å². The first-order valence-corrected chi connectivity index (χ1v) is 1.73. The van der Waals surface area contributed by atoms with E-state index >= 15 is 0 Å². The van der Waals surface area contributed by atoms with Crippen LogP contribution in [0.15, 0.2) is 12.2 Å². The van der Waals surface area contributed by atoms with Crippen LogP contribution in [0.4, 0.5) is 0 Å². The van der Waals surface area contributed by atoms with Crippen molar-refractivity contribution < 1.29 is 19.8 Å². The van der Waals surface area contributed by atoms with Crippen molar-refractivity contribution in [3.05, 3.63) is 12.2 Å². The van der Waals surface area contributed by atoms with Gasteiger partial charge in [0.2, 0.25) is 0 Å². The van der Waals surface area contributed by atoms with E-state index in [9.17, 15) is 19.8 Å². The summed E-state index contributed by atoms with van der Waals surface area (Å²) in [5, 5.41) is 18.8. The number of rotatable bonds is 2. The van der Waals surface area contributed by atoms with E-state index in [-0.39, 0.29) is 19.8 Å². The summed E-state index contributed by atoms with van der Waals surface area (Å²) >= 11 is 0. The van der Waals surface area contributed by atoms with Crippen LogP contribution in [0.25, 0.3) is 0 Å². The number of carboxylic acids is 2. The molecule has 0 N–H and O–H groups in total. The maximum atomic E-state index is 9.41. The van der Waals surface area contributed by atoms with E-state index in [2.05, 4.69) is 0 Å². The first-order chi connectivity index (χ1) is 3.63. The monoisotopic (exact) mass is 184 g/mol. The quantitative estimate of drug-likeness (QED) is 0.331. The van der Waals surface area contributed by atoms with Gasteiger partial charge in [-0.25, -0.2) is 0 Å². The Morgan fingerprint density at radius 1 is 0.900 bits per heavy atom. The molecule has 0 rings (SSSR count). The Morgan fingerprint density at radius 2 is 1.10 bits per heavy atom. The Labute approximate surface area is 64.6 Å². The summed E-state index contributed by atoms with van der Waals surface area (Å²) in [6.07, 6.45) is 0.769. The fourth-order valence-corrected chi connectivity index (χ4v) is 0.136. The Balaban J connectivity index is -0.000000245. The number of carbonyl (C=O) groups excluding carboxylic acids is 2.